The number of Topliss-reactive ketones (excluding diaryl/α,β-unsaturated/α-hetero) is 1. The van der Waals surface area contributed by atoms with Crippen LogP contribution in [0.2, 0.25) is 0 Å². The van der Waals surface area contributed by atoms with Crippen LogP contribution in [0.25, 0.3) is 0 Å². The summed E-state index contributed by atoms with van der Waals surface area (Å²) in [7, 11) is 0. The Bertz CT molecular complexity index is 986. The maximum absolute atomic E-state index is 13.6. The largest absolute Gasteiger partial charge is 0.481 e. The molecule has 0 radical (unpaired) electrons. The SMILES string of the molecule is Cl.NC1c2ccccc2CCC1(CC(=O)O)C(=O)c1ccc(C=NN2CCCCC2)cc1. The Hall–Kier alpha value is -2.70. The van der Waals surface area contributed by atoms with Crippen LogP contribution in [0.1, 0.15) is 65.2 Å². The van der Waals surface area contributed by atoms with Crippen molar-refractivity contribution in [2.75, 3.05) is 13.1 Å². The first-order valence-electron chi connectivity index (χ1n) is 11.0. The summed E-state index contributed by atoms with van der Waals surface area (Å²) >= 11 is 0. The maximum Gasteiger partial charge on any atom is 0.304 e. The molecule has 4 rings (SSSR count). The number of ketones is 1. The highest BCUT2D eigenvalue weighted by molar-refractivity contribution is 6.03. The van der Waals surface area contributed by atoms with Crippen molar-refractivity contribution >= 4 is 30.4 Å². The lowest BCUT2D eigenvalue weighted by atomic mass is 9.63. The lowest BCUT2D eigenvalue weighted by Crippen LogP contribution is -2.46. The fraction of sp³-hybridized carbons (Fsp3) is 0.400. The van der Waals surface area contributed by atoms with Gasteiger partial charge in [0.05, 0.1) is 18.1 Å². The van der Waals surface area contributed by atoms with E-state index < -0.39 is 17.4 Å². The molecular formula is C25H30ClN3O3. The van der Waals surface area contributed by atoms with Crippen LogP contribution in [-0.4, -0.2) is 41.2 Å². The number of aliphatic carboxylic acids is 1. The number of hydrazone groups is 1. The first-order valence-corrected chi connectivity index (χ1v) is 11.0. The van der Waals surface area contributed by atoms with Crippen molar-refractivity contribution in [1.29, 1.82) is 0 Å². The number of hydrogen-bond donors (Lipinski definition) is 2. The van der Waals surface area contributed by atoms with Crippen molar-refractivity contribution in [3.63, 3.8) is 0 Å². The number of fused-ring (bicyclic) bond motifs is 1. The third-order valence-electron chi connectivity index (χ3n) is 6.62. The molecule has 2 unspecified atom stereocenters. The highest BCUT2D eigenvalue weighted by Gasteiger charge is 2.48. The molecule has 170 valence electrons. The number of halogens is 1. The van der Waals surface area contributed by atoms with Gasteiger partial charge in [-0.1, -0.05) is 48.5 Å². The van der Waals surface area contributed by atoms with Gasteiger partial charge in [0.15, 0.2) is 5.78 Å². The summed E-state index contributed by atoms with van der Waals surface area (Å²) in [6.07, 6.45) is 6.19. The summed E-state index contributed by atoms with van der Waals surface area (Å²) in [4.78, 5) is 25.3. The van der Waals surface area contributed by atoms with E-state index in [2.05, 4.69) is 10.1 Å². The molecule has 0 spiro atoms. The number of rotatable bonds is 6. The van der Waals surface area contributed by atoms with E-state index in [1.54, 1.807) is 12.1 Å². The Balaban J connectivity index is 0.00000289. The van der Waals surface area contributed by atoms with E-state index in [-0.39, 0.29) is 24.6 Å². The summed E-state index contributed by atoms with van der Waals surface area (Å²) in [5, 5.41) is 16.2. The van der Waals surface area contributed by atoms with Crippen molar-refractivity contribution in [3.05, 3.63) is 70.8 Å². The number of hydrogen-bond acceptors (Lipinski definition) is 5. The van der Waals surface area contributed by atoms with Crippen LogP contribution < -0.4 is 5.73 Å². The van der Waals surface area contributed by atoms with Gasteiger partial charge in [-0.05, 0) is 48.8 Å². The van der Waals surface area contributed by atoms with Crippen molar-refractivity contribution in [1.82, 2.24) is 5.01 Å². The third-order valence-corrected chi connectivity index (χ3v) is 6.62. The van der Waals surface area contributed by atoms with Crippen LogP contribution in [-0.2, 0) is 11.2 Å². The van der Waals surface area contributed by atoms with Crippen LogP contribution in [0.3, 0.4) is 0 Å². The van der Waals surface area contributed by atoms with Gasteiger partial charge in [0.1, 0.15) is 0 Å². The molecule has 32 heavy (non-hydrogen) atoms. The molecule has 0 saturated carbocycles. The fourth-order valence-corrected chi connectivity index (χ4v) is 4.83. The van der Waals surface area contributed by atoms with Gasteiger partial charge in [0.2, 0.25) is 0 Å². The molecule has 1 heterocycles. The summed E-state index contributed by atoms with van der Waals surface area (Å²) in [6, 6.07) is 14.3. The summed E-state index contributed by atoms with van der Waals surface area (Å²) in [6.45, 7) is 1.95. The van der Waals surface area contributed by atoms with Gasteiger partial charge in [-0.15, -0.1) is 12.4 Å². The molecule has 0 amide bonds. The number of nitrogens with zero attached hydrogens (tertiary/aromatic N) is 2. The number of aryl methyl sites for hydroxylation is 1. The second-order valence-corrected chi connectivity index (χ2v) is 8.61. The van der Waals surface area contributed by atoms with Crippen LogP contribution in [0, 0.1) is 5.41 Å². The number of carboxylic acids is 1. The topological polar surface area (TPSA) is 96.0 Å². The fourth-order valence-electron chi connectivity index (χ4n) is 4.83. The number of benzene rings is 2. The number of carboxylic acid groups (broad SMARTS) is 1. The zero-order valence-corrected chi connectivity index (χ0v) is 18.9. The minimum Gasteiger partial charge on any atom is -0.481 e. The standard InChI is InChI=1S/C25H29N3O3.ClH/c26-23-21-7-3-2-6-19(21)12-13-25(23,16-22(29)30)24(31)20-10-8-18(9-11-20)17-27-28-14-4-1-5-15-28;/h2-3,6-11,17,23H,1,4-5,12-16,26H2,(H,29,30);1H. The minimum atomic E-state index is -1.15. The predicted octanol–water partition coefficient (Wildman–Crippen LogP) is 4.22. The monoisotopic (exact) mass is 455 g/mol. The van der Waals surface area contributed by atoms with Crippen molar-refractivity contribution < 1.29 is 14.7 Å². The molecule has 2 aromatic carbocycles. The second-order valence-electron chi connectivity index (χ2n) is 8.61. The Morgan fingerprint density at radius 3 is 2.47 bits per heavy atom. The van der Waals surface area contributed by atoms with E-state index in [0.29, 0.717) is 18.4 Å². The molecule has 2 aromatic rings. The summed E-state index contributed by atoms with van der Waals surface area (Å²) in [5.41, 5.74) is 8.77. The van der Waals surface area contributed by atoms with Crippen molar-refractivity contribution in [3.8, 4) is 0 Å². The van der Waals surface area contributed by atoms with Crippen LogP contribution in [0.15, 0.2) is 53.6 Å². The zero-order chi connectivity index (χ0) is 21.8. The lowest BCUT2D eigenvalue weighted by molar-refractivity contribution is -0.139. The van der Waals surface area contributed by atoms with Gasteiger partial charge >= 0.3 is 5.97 Å². The minimum absolute atomic E-state index is 0. The molecule has 1 fully saturated rings. The zero-order valence-electron chi connectivity index (χ0n) is 18.1. The summed E-state index contributed by atoms with van der Waals surface area (Å²) < 4.78 is 0. The Morgan fingerprint density at radius 1 is 1.09 bits per heavy atom. The molecule has 1 aliphatic heterocycles. The number of carbonyl (C=O) groups is 2. The van der Waals surface area contributed by atoms with Gasteiger partial charge < -0.3 is 10.8 Å². The van der Waals surface area contributed by atoms with Gasteiger partial charge in [-0.2, -0.15) is 5.10 Å². The van der Waals surface area contributed by atoms with Crippen molar-refractivity contribution in [2.45, 2.75) is 44.6 Å². The molecule has 1 aliphatic carbocycles. The average Bonchev–Trinajstić information content (AvgIpc) is 2.80. The Kier molecular flexibility index (Phi) is 7.69. The molecule has 2 aliphatic rings. The highest BCUT2D eigenvalue weighted by Crippen LogP contribution is 2.47. The van der Waals surface area contributed by atoms with E-state index >= 15 is 0 Å². The quantitative estimate of drug-likeness (QED) is 0.502. The average molecular weight is 456 g/mol. The third kappa shape index (κ3) is 4.87. The lowest BCUT2D eigenvalue weighted by Gasteiger charge is -2.41. The van der Waals surface area contributed by atoms with Crippen molar-refractivity contribution in [2.24, 2.45) is 16.3 Å². The Labute approximate surface area is 194 Å². The summed E-state index contributed by atoms with van der Waals surface area (Å²) in [5.74, 6) is -1.20. The van der Waals surface area contributed by atoms with Crippen LogP contribution in [0.4, 0.5) is 0 Å². The molecule has 3 N–H and O–H groups in total. The molecule has 0 bridgehead atoms. The van der Waals surface area contributed by atoms with E-state index in [9.17, 15) is 14.7 Å². The second kappa shape index (κ2) is 10.3. The van der Waals surface area contributed by atoms with Crippen LogP contribution in [0.5, 0.6) is 0 Å². The highest BCUT2D eigenvalue weighted by atomic mass is 35.5. The molecule has 7 heteroatoms. The maximum atomic E-state index is 13.6. The Morgan fingerprint density at radius 2 is 1.78 bits per heavy atom. The first-order chi connectivity index (χ1) is 15.0. The number of nitrogens with two attached hydrogens (primary N) is 1. The van der Waals surface area contributed by atoms with E-state index in [1.807, 2.05) is 42.6 Å². The van der Waals surface area contributed by atoms with Gasteiger partial charge in [-0.3, -0.25) is 14.6 Å². The molecular weight excluding hydrogens is 426 g/mol. The van der Waals surface area contributed by atoms with E-state index in [1.165, 1.54) is 19.3 Å². The molecule has 0 aromatic heterocycles. The number of piperidine rings is 1. The molecule has 6 nitrogen and oxygen atoms in total. The normalized spacial score (nSPS) is 22.8. The van der Waals surface area contributed by atoms with Crippen LogP contribution >= 0.6 is 12.4 Å². The van der Waals surface area contributed by atoms with Gasteiger partial charge in [0, 0.05) is 24.7 Å². The number of carbonyl (C=O) groups excluding carboxylic acids is 1. The smallest absolute Gasteiger partial charge is 0.304 e. The first kappa shape index (κ1) is 24.0. The van der Waals surface area contributed by atoms with E-state index in [4.69, 9.17) is 5.73 Å². The predicted molar refractivity (Wildman–Crippen MR) is 127 cm³/mol. The van der Waals surface area contributed by atoms with E-state index in [0.717, 1.165) is 29.8 Å². The van der Waals surface area contributed by atoms with Gasteiger partial charge in [-0.25, -0.2) is 0 Å². The van der Waals surface area contributed by atoms with Gasteiger partial charge in [0.25, 0.3) is 0 Å². The molecule has 2 atom stereocenters. The molecule has 1 saturated heterocycles.